The quantitative estimate of drug-likeness (QED) is 0.804. The van der Waals surface area contributed by atoms with Crippen LogP contribution >= 0.6 is 23.1 Å². The number of aromatic nitrogens is 2. The van der Waals surface area contributed by atoms with Crippen molar-refractivity contribution in [1.82, 2.24) is 9.36 Å². The van der Waals surface area contributed by atoms with E-state index in [1.165, 1.54) is 6.07 Å². The molecule has 23 heavy (non-hydrogen) atoms. The molecule has 1 unspecified atom stereocenters. The Bertz CT molecular complexity index is 835. The molecule has 1 aromatic carbocycles. The highest BCUT2D eigenvalue weighted by molar-refractivity contribution is 7.93. The fourth-order valence-electron chi connectivity index (χ4n) is 1.98. The number of nitrogens with two attached hydrogens (primary N) is 1. The molecule has 0 bridgehead atoms. The number of halogens is 1. The number of carbonyl (C=O) groups excluding carboxylic acids is 1. The van der Waals surface area contributed by atoms with Crippen molar-refractivity contribution in [3.05, 3.63) is 34.6 Å². The molecule has 124 valence electrons. The van der Waals surface area contributed by atoms with Crippen LogP contribution in [-0.2, 0) is 14.8 Å². The van der Waals surface area contributed by atoms with E-state index in [4.69, 9.17) is 17.3 Å². The molecular formula is C13H15ClN4O3S2. The summed E-state index contributed by atoms with van der Waals surface area (Å²) in [7, 11) is -3.85. The molecule has 0 saturated carbocycles. The molecule has 2 rings (SSSR count). The molecule has 0 spiro atoms. The van der Waals surface area contributed by atoms with Gasteiger partial charge in [0, 0.05) is 16.6 Å². The zero-order chi connectivity index (χ0) is 17.2. The molecule has 1 heterocycles. The third-order valence-electron chi connectivity index (χ3n) is 3.23. The summed E-state index contributed by atoms with van der Waals surface area (Å²) in [5.74, 6) is -0.978. The van der Waals surface area contributed by atoms with Gasteiger partial charge in [0.25, 0.3) is 10.0 Å². The third kappa shape index (κ3) is 3.80. The van der Waals surface area contributed by atoms with Crippen LogP contribution in [0.3, 0.4) is 0 Å². The molecule has 2 aromatic rings. The maximum atomic E-state index is 12.4. The van der Waals surface area contributed by atoms with E-state index in [9.17, 15) is 13.2 Å². The highest BCUT2D eigenvalue weighted by atomic mass is 35.5. The summed E-state index contributed by atoms with van der Waals surface area (Å²) in [4.78, 5) is 15.4. The Labute approximate surface area is 143 Å². The molecule has 7 nitrogen and oxygen atoms in total. The van der Waals surface area contributed by atoms with Crippen LogP contribution in [0.5, 0.6) is 0 Å². The lowest BCUT2D eigenvalue weighted by atomic mass is 10.1. The summed E-state index contributed by atoms with van der Waals surface area (Å²) in [6, 6.07) is 4.61. The minimum absolute atomic E-state index is 0.0590. The largest absolute Gasteiger partial charge is 0.369 e. The Balaban J connectivity index is 2.30. The summed E-state index contributed by atoms with van der Waals surface area (Å²) in [6.45, 7) is 3.39. The topological polar surface area (TPSA) is 115 Å². The first-order chi connectivity index (χ1) is 10.8. The number of hydrogen-bond donors (Lipinski definition) is 2. The van der Waals surface area contributed by atoms with Gasteiger partial charge in [-0.3, -0.25) is 9.52 Å². The van der Waals surface area contributed by atoms with E-state index in [0.717, 1.165) is 11.5 Å². The molecule has 0 aliphatic heterocycles. The first-order valence-corrected chi connectivity index (χ1v) is 9.30. The minimum Gasteiger partial charge on any atom is -0.369 e. The van der Waals surface area contributed by atoms with Crippen LogP contribution in [0.2, 0.25) is 5.02 Å². The fraction of sp³-hybridized carbons (Fsp3) is 0.308. The highest BCUT2D eigenvalue weighted by Crippen LogP contribution is 2.26. The van der Waals surface area contributed by atoms with Crippen molar-refractivity contribution in [2.45, 2.75) is 31.1 Å². The Morgan fingerprint density at radius 2 is 2.17 bits per heavy atom. The van der Waals surface area contributed by atoms with E-state index < -0.39 is 21.8 Å². The summed E-state index contributed by atoms with van der Waals surface area (Å²) in [5.41, 5.74) is 5.72. The van der Waals surface area contributed by atoms with Crippen LogP contribution in [0.4, 0.5) is 5.13 Å². The normalized spacial score (nSPS) is 12.8. The molecule has 1 amide bonds. The molecule has 0 fully saturated rings. The van der Waals surface area contributed by atoms with Crippen molar-refractivity contribution in [2.75, 3.05) is 4.72 Å². The van der Waals surface area contributed by atoms with Crippen molar-refractivity contribution >= 4 is 44.2 Å². The molecule has 10 heteroatoms. The van der Waals surface area contributed by atoms with Crippen molar-refractivity contribution in [2.24, 2.45) is 5.73 Å². The highest BCUT2D eigenvalue weighted by Gasteiger charge is 2.24. The van der Waals surface area contributed by atoms with Gasteiger partial charge in [-0.2, -0.15) is 4.37 Å². The lowest BCUT2D eigenvalue weighted by molar-refractivity contribution is -0.119. The van der Waals surface area contributed by atoms with E-state index in [1.807, 2.05) is 0 Å². The van der Waals surface area contributed by atoms with E-state index in [-0.39, 0.29) is 15.9 Å². The second kappa shape index (κ2) is 6.81. The Morgan fingerprint density at radius 1 is 1.48 bits per heavy atom. The SMILES string of the molecule is CCC(C(N)=O)c1nsc(NS(=O)(=O)c2cccc(Cl)c2C)n1. The van der Waals surface area contributed by atoms with Crippen LogP contribution in [0.25, 0.3) is 0 Å². The number of nitrogens with zero attached hydrogens (tertiary/aromatic N) is 2. The molecule has 1 aromatic heterocycles. The molecule has 3 N–H and O–H groups in total. The fourth-order valence-corrected chi connectivity index (χ4v) is 4.33. The number of primary amides is 1. The van der Waals surface area contributed by atoms with Crippen LogP contribution in [-0.4, -0.2) is 23.7 Å². The van der Waals surface area contributed by atoms with Gasteiger partial charge in [-0.25, -0.2) is 13.4 Å². The molecule has 0 saturated heterocycles. The predicted molar refractivity (Wildman–Crippen MR) is 89.1 cm³/mol. The van der Waals surface area contributed by atoms with E-state index >= 15 is 0 Å². The van der Waals surface area contributed by atoms with Gasteiger partial charge in [0.05, 0.1) is 10.8 Å². The van der Waals surface area contributed by atoms with Gasteiger partial charge in [-0.15, -0.1) is 0 Å². The summed E-state index contributed by atoms with van der Waals surface area (Å²) in [6.07, 6.45) is 0.436. The van der Waals surface area contributed by atoms with Gasteiger partial charge in [-0.05, 0) is 31.0 Å². The number of rotatable bonds is 6. The first kappa shape index (κ1) is 17.6. The smallest absolute Gasteiger partial charge is 0.264 e. The van der Waals surface area contributed by atoms with E-state index in [2.05, 4.69) is 14.1 Å². The van der Waals surface area contributed by atoms with Gasteiger partial charge in [-0.1, -0.05) is 24.6 Å². The predicted octanol–water partition coefficient (Wildman–Crippen LogP) is 2.28. The Morgan fingerprint density at radius 3 is 2.78 bits per heavy atom. The maximum absolute atomic E-state index is 12.4. The zero-order valence-electron chi connectivity index (χ0n) is 12.4. The van der Waals surface area contributed by atoms with E-state index in [1.54, 1.807) is 26.0 Å². The number of anilines is 1. The van der Waals surface area contributed by atoms with Crippen LogP contribution in [0.15, 0.2) is 23.1 Å². The van der Waals surface area contributed by atoms with Gasteiger partial charge in [0.1, 0.15) is 0 Å². The standard InChI is InChI=1S/C13H15ClN4O3S2/c1-3-8(11(15)19)12-16-13(22-17-12)18-23(20,21)10-6-4-5-9(14)7(10)2/h4-6,8H,3H2,1-2H3,(H2,15,19)(H,16,17,18). The first-order valence-electron chi connectivity index (χ1n) is 6.67. The second-order valence-electron chi connectivity index (χ2n) is 4.79. The van der Waals surface area contributed by atoms with Gasteiger partial charge in [0.15, 0.2) is 5.82 Å². The lowest BCUT2D eigenvalue weighted by Crippen LogP contribution is -2.21. The average molecular weight is 375 g/mol. The minimum atomic E-state index is -3.85. The monoisotopic (exact) mass is 374 g/mol. The molecule has 0 radical (unpaired) electrons. The Hall–Kier alpha value is -1.71. The van der Waals surface area contributed by atoms with Gasteiger partial charge in [0.2, 0.25) is 11.0 Å². The molecule has 0 aliphatic carbocycles. The van der Waals surface area contributed by atoms with Crippen LogP contribution in [0.1, 0.15) is 30.7 Å². The number of sulfonamides is 1. The van der Waals surface area contributed by atoms with Gasteiger partial charge < -0.3 is 5.73 Å². The third-order valence-corrected chi connectivity index (χ3v) is 5.90. The molecule has 0 aliphatic rings. The molecular weight excluding hydrogens is 360 g/mol. The number of amides is 1. The average Bonchev–Trinajstić information content (AvgIpc) is 2.89. The second-order valence-corrected chi connectivity index (χ2v) is 7.60. The summed E-state index contributed by atoms with van der Waals surface area (Å²) < 4.78 is 31.2. The number of carbonyl (C=O) groups is 1. The zero-order valence-corrected chi connectivity index (χ0v) is 14.8. The summed E-state index contributed by atoms with van der Waals surface area (Å²) in [5, 5.41) is 0.421. The lowest BCUT2D eigenvalue weighted by Gasteiger charge is -2.09. The molecule has 1 atom stereocenters. The maximum Gasteiger partial charge on any atom is 0.264 e. The van der Waals surface area contributed by atoms with Crippen LogP contribution < -0.4 is 10.5 Å². The summed E-state index contributed by atoms with van der Waals surface area (Å²) >= 11 is 6.80. The van der Waals surface area contributed by atoms with E-state index in [0.29, 0.717) is 17.0 Å². The Kier molecular flexibility index (Phi) is 5.23. The number of benzene rings is 1. The van der Waals surface area contributed by atoms with Crippen LogP contribution in [0, 0.1) is 6.92 Å². The van der Waals surface area contributed by atoms with Gasteiger partial charge >= 0.3 is 0 Å². The van der Waals surface area contributed by atoms with Crippen molar-refractivity contribution in [1.29, 1.82) is 0 Å². The van der Waals surface area contributed by atoms with Crippen molar-refractivity contribution in [3.63, 3.8) is 0 Å². The number of hydrogen-bond acceptors (Lipinski definition) is 6. The number of nitrogens with one attached hydrogen (secondary N) is 1. The van der Waals surface area contributed by atoms with Crippen molar-refractivity contribution in [3.8, 4) is 0 Å². The van der Waals surface area contributed by atoms with Crippen molar-refractivity contribution < 1.29 is 13.2 Å².